The molecular weight excluding hydrogens is 314 g/mol. The average molecular weight is 336 g/mol. The molecule has 0 radical (unpaired) electrons. The molecule has 1 aromatic rings. The SMILES string of the molecule is O=C(O)CC[C@H]1CCCN(C(=O)C2(c3cccc(Cl)c3)CC2)C1. The van der Waals surface area contributed by atoms with Crippen LogP contribution in [0.4, 0.5) is 0 Å². The smallest absolute Gasteiger partial charge is 0.303 e. The first-order chi connectivity index (χ1) is 11.0. The highest BCUT2D eigenvalue weighted by Gasteiger charge is 2.53. The van der Waals surface area contributed by atoms with Gasteiger partial charge in [-0.05, 0) is 55.7 Å². The molecule has 1 aromatic carbocycles. The summed E-state index contributed by atoms with van der Waals surface area (Å²) in [6.07, 6.45) is 4.57. The van der Waals surface area contributed by atoms with E-state index >= 15 is 0 Å². The molecule has 124 valence electrons. The third-order valence-electron chi connectivity index (χ3n) is 5.11. The summed E-state index contributed by atoms with van der Waals surface area (Å²) >= 11 is 6.08. The number of carbonyl (C=O) groups excluding carboxylic acids is 1. The molecule has 0 unspecified atom stereocenters. The number of nitrogens with zero attached hydrogens (tertiary/aromatic N) is 1. The van der Waals surface area contributed by atoms with Gasteiger partial charge in [0.2, 0.25) is 5.91 Å². The van der Waals surface area contributed by atoms with Gasteiger partial charge >= 0.3 is 5.97 Å². The Bertz CT molecular complexity index is 612. The fourth-order valence-electron chi connectivity index (χ4n) is 3.65. The minimum atomic E-state index is -0.758. The van der Waals surface area contributed by atoms with E-state index in [1.165, 1.54) is 0 Å². The van der Waals surface area contributed by atoms with Crippen molar-refractivity contribution in [3.8, 4) is 0 Å². The second-order valence-electron chi connectivity index (χ2n) is 6.78. The molecule has 1 saturated heterocycles. The zero-order chi connectivity index (χ0) is 16.4. The lowest BCUT2D eigenvalue weighted by Crippen LogP contribution is -2.45. The van der Waals surface area contributed by atoms with Crippen LogP contribution in [0.3, 0.4) is 0 Å². The van der Waals surface area contributed by atoms with E-state index in [2.05, 4.69) is 0 Å². The highest BCUT2D eigenvalue weighted by Crippen LogP contribution is 2.50. The molecule has 1 aliphatic heterocycles. The zero-order valence-electron chi connectivity index (χ0n) is 13.1. The van der Waals surface area contributed by atoms with Gasteiger partial charge in [0.15, 0.2) is 0 Å². The number of carboxylic acids is 1. The van der Waals surface area contributed by atoms with Gasteiger partial charge < -0.3 is 10.0 Å². The average Bonchev–Trinajstić information content (AvgIpc) is 3.34. The normalized spacial score (nSPS) is 22.7. The van der Waals surface area contributed by atoms with Crippen LogP contribution in [-0.2, 0) is 15.0 Å². The summed E-state index contributed by atoms with van der Waals surface area (Å²) < 4.78 is 0. The van der Waals surface area contributed by atoms with Crippen molar-refractivity contribution in [2.75, 3.05) is 13.1 Å². The summed E-state index contributed by atoms with van der Waals surface area (Å²) in [4.78, 5) is 25.7. The second-order valence-corrected chi connectivity index (χ2v) is 7.22. The fraction of sp³-hybridized carbons (Fsp3) is 0.556. The van der Waals surface area contributed by atoms with Gasteiger partial charge in [-0.3, -0.25) is 9.59 Å². The molecular formula is C18H22ClNO3. The third-order valence-corrected chi connectivity index (χ3v) is 5.34. The van der Waals surface area contributed by atoms with Crippen LogP contribution in [0.25, 0.3) is 0 Å². The molecule has 2 fully saturated rings. The van der Waals surface area contributed by atoms with E-state index < -0.39 is 5.97 Å². The predicted octanol–water partition coefficient (Wildman–Crippen LogP) is 3.48. The van der Waals surface area contributed by atoms with E-state index in [9.17, 15) is 9.59 Å². The molecule has 2 aliphatic rings. The van der Waals surface area contributed by atoms with Gasteiger partial charge in [0.05, 0.1) is 5.41 Å². The number of amides is 1. The van der Waals surface area contributed by atoms with Crippen LogP contribution in [0.1, 0.15) is 44.1 Å². The molecule has 1 atom stereocenters. The van der Waals surface area contributed by atoms with Gasteiger partial charge in [-0.15, -0.1) is 0 Å². The topological polar surface area (TPSA) is 57.6 Å². The number of hydrogen-bond donors (Lipinski definition) is 1. The Kier molecular flexibility index (Phi) is 4.62. The number of rotatable bonds is 5. The van der Waals surface area contributed by atoms with Crippen LogP contribution in [0.15, 0.2) is 24.3 Å². The highest BCUT2D eigenvalue weighted by atomic mass is 35.5. The fourth-order valence-corrected chi connectivity index (χ4v) is 3.84. The van der Waals surface area contributed by atoms with Crippen LogP contribution >= 0.6 is 11.6 Å². The van der Waals surface area contributed by atoms with Gasteiger partial charge in [-0.1, -0.05) is 23.7 Å². The Hall–Kier alpha value is -1.55. The molecule has 1 N–H and O–H groups in total. The molecule has 4 nitrogen and oxygen atoms in total. The van der Waals surface area contributed by atoms with E-state index in [0.717, 1.165) is 37.8 Å². The zero-order valence-corrected chi connectivity index (χ0v) is 13.9. The van der Waals surface area contributed by atoms with Crippen LogP contribution < -0.4 is 0 Å². The maximum absolute atomic E-state index is 13.0. The van der Waals surface area contributed by atoms with Crippen molar-refractivity contribution in [2.24, 2.45) is 5.92 Å². The summed E-state index contributed by atoms with van der Waals surface area (Å²) in [6.45, 7) is 1.47. The first-order valence-corrected chi connectivity index (χ1v) is 8.66. The summed E-state index contributed by atoms with van der Waals surface area (Å²) in [5.74, 6) is -0.259. The van der Waals surface area contributed by atoms with Gasteiger partial charge in [0, 0.05) is 24.5 Å². The number of piperidine rings is 1. The molecule has 0 bridgehead atoms. The van der Waals surface area contributed by atoms with E-state index in [1.807, 2.05) is 29.2 Å². The van der Waals surface area contributed by atoms with Crippen molar-refractivity contribution in [3.05, 3.63) is 34.9 Å². The summed E-state index contributed by atoms with van der Waals surface area (Å²) in [7, 11) is 0. The van der Waals surface area contributed by atoms with Crippen molar-refractivity contribution in [2.45, 2.75) is 43.9 Å². The van der Waals surface area contributed by atoms with E-state index in [0.29, 0.717) is 23.9 Å². The van der Waals surface area contributed by atoms with E-state index in [-0.39, 0.29) is 17.7 Å². The third kappa shape index (κ3) is 3.52. The van der Waals surface area contributed by atoms with Gasteiger partial charge in [-0.2, -0.15) is 0 Å². The Labute approximate surface area is 141 Å². The van der Waals surface area contributed by atoms with Crippen LogP contribution in [0, 0.1) is 5.92 Å². The maximum atomic E-state index is 13.0. The first-order valence-electron chi connectivity index (χ1n) is 8.28. The van der Waals surface area contributed by atoms with Crippen molar-refractivity contribution in [3.63, 3.8) is 0 Å². The molecule has 3 rings (SSSR count). The van der Waals surface area contributed by atoms with Crippen molar-refractivity contribution < 1.29 is 14.7 Å². The van der Waals surface area contributed by atoms with E-state index in [4.69, 9.17) is 16.7 Å². The summed E-state index contributed by atoms with van der Waals surface area (Å²) in [6, 6.07) is 7.62. The Morgan fingerprint density at radius 2 is 2.13 bits per heavy atom. The number of likely N-dealkylation sites (tertiary alicyclic amines) is 1. The molecule has 1 saturated carbocycles. The van der Waals surface area contributed by atoms with Gasteiger partial charge in [-0.25, -0.2) is 0 Å². The number of carbonyl (C=O) groups is 2. The van der Waals surface area contributed by atoms with Crippen LogP contribution in [0.2, 0.25) is 5.02 Å². The van der Waals surface area contributed by atoms with Crippen molar-refractivity contribution in [1.82, 2.24) is 4.90 Å². The number of aliphatic carboxylic acids is 1. The molecule has 0 spiro atoms. The molecule has 1 aliphatic carbocycles. The molecule has 1 amide bonds. The maximum Gasteiger partial charge on any atom is 0.303 e. The second kappa shape index (κ2) is 6.52. The number of carboxylic acid groups (broad SMARTS) is 1. The standard InChI is InChI=1S/C18H22ClNO3/c19-15-5-1-4-14(11-15)18(8-9-18)17(23)20-10-2-3-13(12-20)6-7-16(21)22/h1,4-5,11,13H,2-3,6-10,12H2,(H,21,22)/t13-/m1/s1. The molecule has 0 aromatic heterocycles. The Morgan fingerprint density at radius 1 is 1.35 bits per heavy atom. The molecule has 23 heavy (non-hydrogen) atoms. The Morgan fingerprint density at radius 3 is 2.78 bits per heavy atom. The molecule has 1 heterocycles. The van der Waals surface area contributed by atoms with Crippen LogP contribution in [-0.4, -0.2) is 35.0 Å². The van der Waals surface area contributed by atoms with Crippen molar-refractivity contribution in [1.29, 1.82) is 0 Å². The quantitative estimate of drug-likeness (QED) is 0.896. The lowest BCUT2D eigenvalue weighted by Gasteiger charge is -2.35. The summed E-state index contributed by atoms with van der Waals surface area (Å²) in [5.41, 5.74) is 0.627. The number of hydrogen-bond acceptors (Lipinski definition) is 2. The summed E-state index contributed by atoms with van der Waals surface area (Å²) in [5, 5.41) is 9.51. The lowest BCUT2D eigenvalue weighted by atomic mass is 9.89. The van der Waals surface area contributed by atoms with E-state index in [1.54, 1.807) is 0 Å². The predicted molar refractivity (Wildman–Crippen MR) is 88.5 cm³/mol. The molecule has 5 heteroatoms. The lowest BCUT2D eigenvalue weighted by molar-refractivity contribution is -0.137. The van der Waals surface area contributed by atoms with Gasteiger partial charge in [0.25, 0.3) is 0 Å². The highest BCUT2D eigenvalue weighted by molar-refractivity contribution is 6.30. The number of benzene rings is 1. The first kappa shape index (κ1) is 16.3. The monoisotopic (exact) mass is 335 g/mol. The Balaban J connectivity index is 1.69. The van der Waals surface area contributed by atoms with Crippen molar-refractivity contribution >= 4 is 23.5 Å². The largest absolute Gasteiger partial charge is 0.481 e. The van der Waals surface area contributed by atoms with Gasteiger partial charge in [0.1, 0.15) is 0 Å². The number of halogens is 1. The minimum absolute atomic E-state index is 0.187. The van der Waals surface area contributed by atoms with Crippen LogP contribution in [0.5, 0.6) is 0 Å². The minimum Gasteiger partial charge on any atom is -0.481 e.